The molecule has 0 amide bonds. The summed E-state index contributed by atoms with van der Waals surface area (Å²) >= 11 is 0. The van der Waals surface area contributed by atoms with E-state index in [0.717, 1.165) is 23.7 Å². The van der Waals surface area contributed by atoms with Crippen LogP contribution < -0.4 is 0 Å². The first-order valence-corrected chi connectivity index (χ1v) is 16.8. The molecule has 0 nitrogen and oxygen atoms in total. The molecule has 3 aliphatic rings. The van der Waals surface area contributed by atoms with E-state index in [1.807, 2.05) is 0 Å². The summed E-state index contributed by atoms with van der Waals surface area (Å²) in [6.07, 6.45) is 13.9. The predicted molar refractivity (Wildman–Crippen MR) is 175 cm³/mol. The van der Waals surface area contributed by atoms with Gasteiger partial charge in [-0.1, -0.05) is 129 Å². The zero-order chi connectivity index (χ0) is 29.1. The molecule has 2 fully saturated rings. The second-order valence-electron chi connectivity index (χ2n) is 17.7. The Kier molecular flexibility index (Phi) is 7.94. The van der Waals surface area contributed by atoms with Crippen molar-refractivity contribution in [3.63, 3.8) is 0 Å². The van der Waals surface area contributed by atoms with Crippen LogP contribution >= 0.6 is 0 Å². The molecule has 40 heavy (non-hydrogen) atoms. The summed E-state index contributed by atoms with van der Waals surface area (Å²) in [5, 5.41) is 0. The molecule has 0 radical (unpaired) electrons. The van der Waals surface area contributed by atoms with E-state index in [1.165, 1.54) is 75.3 Å². The van der Waals surface area contributed by atoms with E-state index in [9.17, 15) is 0 Å². The topological polar surface area (TPSA) is 0 Å². The maximum absolute atomic E-state index is 2.63. The molecule has 0 heterocycles. The lowest BCUT2D eigenvalue weighted by molar-refractivity contribution is 0.267. The molecule has 0 saturated heterocycles. The van der Waals surface area contributed by atoms with Crippen molar-refractivity contribution in [1.82, 2.24) is 0 Å². The quantitative estimate of drug-likeness (QED) is 0.312. The first-order valence-electron chi connectivity index (χ1n) is 16.8. The highest BCUT2D eigenvalue weighted by molar-refractivity contribution is 5.79. The average Bonchev–Trinajstić information content (AvgIpc) is 3.31. The van der Waals surface area contributed by atoms with Crippen LogP contribution in [0.5, 0.6) is 0 Å². The third kappa shape index (κ3) is 5.72. The molecule has 0 heteroatoms. The van der Waals surface area contributed by atoms with Crippen molar-refractivity contribution in [2.24, 2.45) is 34.5 Å². The van der Waals surface area contributed by atoms with E-state index in [1.54, 1.807) is 22.3 Å². The van der Waals surface area contributed by atoms with Crippen LogP contribution in [-0.4, -0.2) is 0 Å². The molecule has 0 N–H and O–H groups in total. The van der Waals surface area contributed by atoms with Gasteiger partial charge < -0.3 is 0 Å². The van der Waals surface area contributed by atoms with Crippen molar-refractivity contribution in [3.8, 4) is 11.1 Å². The van der Waals surface area contributed by atoms with Gasteiger partial charge in [0, 0.05) is 10.8 Å². The summed E-state index contributed by atoms with van der Waals surface area (Å²) in [5.74, 6) is 3.34. The molecular formula is C40H60. The van der Waals surface area contributed by atoms with Crippen molar-refractivity contribution >= 4 is 0 Å². The van der Waals surface area contributed by atoms with Gasteiger partial charge in [0.05, 0.1) is 0 Å². The van der Waals surface area contributed by atoms with E-state index >= 15 is 0 Å². The fourth-order valence-corrected chi connectivity index (χ4v) is 10.3. The van der Waals surface area contributed by atoms with Gasteiger partial charge in [0.25, 0.3) is 0 Å². The summed E-state index contributed by atoms with van der Waals surface area (Å²) in [6.45, 7) is 24.2. The van der Waals surface area contributed by atoms with Crippen LogP contribution in [0, 0.1) is 48.3 Å². The van der Waals surface area contributed by atoms with Crippen LogP contribution in [0.2, 0.25) is 0 Å². The van der Waals surface area contributed by atoms with Crippen LogP contribution in [0.1, 0.15) is 142 Å². The highest BCUT2D eigenvalue weighted by Crippen LogP contribution is 2.72. The largest absolute Gasteiger partial charge is 0.0625 e. The Balaban J connectivity index is 1.50. The first-order chi connectivity index (χ1) is 18.6. The summed E-state index contributed by atoms with van der Waals surface area (Å²) < 4.78 is 0. The van der Waals surface area contributed by atoms with Gasteiger partial charge in [-0.25, -0.2) is 0 Å². The van der Waals surface area contributed by atoms with Crippen LogP contribution in [0.15, 0.2) is 36.4 Å². The molecule has 2 unspecified atom stereocenters. The molecule has 0 aliphatic heterocycles. The van der Waals surface area contributed by atoms with Gasteiger partial charge in [0.2, 0.25) is 0 Å². The number of aryl methyl sites for hydroxylation is 2. The standard InChI is InChI=1S/C40H60/c1-27-13-17-33-34-18-14-28(2)20-36(34)40-25-31(15-11-29(3)21-37(5,6)7)23-39(40,35(33)19-27)24-32(26-40)16-12-30(4)22-38(8,9)10/h13-14,17-20,29-32H,11-12,15-16,21-26H2,1-10H3. The Labute approximate surface area is 248 Å². The SMILES string of the molecule is Cc1ccc2c(c1)C13CC(CCC(C)CC(C)(C)C)CC1(CC(CCC(C)CC(C)(C)C)C3)c1cc(C)ccc1-2. The lowest BCUT2D eigenvalue weighted by atomic mass is 9.55. The van der Waals surface area contributed by atoms with Gasteiger partial charge in [0.1, 0.15) is 0 Å². The highest BCUT2D eigenvalue weighted by atomic mass is 14.7. The van der Waals surface area contributed by atoms with Crippen molar-refractivity contribution < 1.29 is 0 Å². The Hall–Kier alpha value is -1.56. The summed E-state index contributed by atoms with van der Waals surface area (Å²) in [4.78, 5) is 0. The smallest absolute Gasteiger partial charge is 0.00617 e. The van der Waals surface area contributed by atoms with Gasteiger partial charge in [-0.3, -0.25) is 0 Å². The number of hydrogen-bond acceptors (Lipinski definition) is 0. The van der Waals surface area contributed by atoms with Gasteiger partial charge >= 0.3 is 0 Å². The Morgan fingerprint density at radius 1 is 0.625 bits per heavy atom. The van der Waals surface area contributed by atoms with Crippen molar-refractivity contribution in [1.29, 1.82) is 0 Å². The zero-order valence-corrected chi connectivity index (χ0v) is 27.8. The molecule has 220 valence electrons. The molecular weight excluding hydrogens is 480 g/mol. The molecule has 3 aliphatic carbocycles. The zero-order valence-electron chi connectivity index (χ0n) is 27.8. The van der Waals surface area contributed by atoms with E-state index < -0.39 is 0 Å². The molecule has 0 bridgehead atoms. The minimum Gasteiger partial charge on any atom is -0.0625 e. The number of rotatable bonds is 8. The fourth-order valence-electron chi connectivity index (χ4n) is 10.3. The van der Waals surface area contributed by atoms with Crippen LogP contribution in [0.4, 0.5) is 0 Å². The van der Waals surface area contributed by atoms with E-state index in [2.05, 4.69) is 106 Å². The molecule has 2 atom stereocenters. The van der Waals surface area contributed by atoms with Crippen LogP contribution in [-0.2, 0) is 10.8 Å². The van der Waals surface area contributed by atoms with E-state index in [4.69, 9.17) is 0 Å². The summed E-state index contributed by atoms with van der Waals surface area (Å²) in [6, 6.07) is 15.0. The summed E-state index contributed by atoms with van der Waals surface area (Å²) in [5.41, 5.74) is 11.0. The Bertz CT molecular complexity index is 1090. The van der Waals surface area contributed by atoms with Gasteiger partial charge in [0.15, 0.2) is 0 Å². The normalized spacial score (nSPS) is 28.9. The second-order valence-corrected chi connectivity index (χ2v) is 17.7. The monoisotopic (exact) mass is 540 g/mol. The highest BCUT2D eigenvalue weighted by Gasteiger charge is 2.66. The minimum absolute atomic E-state index is 0.324. The van der Waals surface area contributed by atoms with E-state index in [-0.39, 0.29) is 0 Å². The van der Waals surface area contributed by atoms with Gasteiger partial charge in [-0.05, 0) is 109 Å². The van der Waals surface area contributed by atoms with Crippen LogP contribution in [0.25, 0.3) is 11.1 Å². The molecule has 2 aromatic carbocycles. The van der Waals surface area contributed by atoms with Crippen molar-refractivity contribution in [2.75, 3.05) is 0 Å². The Morgan fingerprint density at radius 3 is 1.30 bits per heavy atom. The molecule has 2 aromatic rings. The molecule has 2 saturated carbocycles. The lowest BCUT2D eigenvalue weighted by Gasteiger charge is -2.48. The summed E-state index contributed by atoms with van der Waals surface area (Å²) in [7, 11) is 0. The maximum Gasteiger partial charge on any atom is 0.00617 e. The third-order valence-corrected chi connectivity index (χ3v) is 11.2. The molecule has 0 aromatic heterocycles. The van der Waals surface area contributed by atoms with Gasteiger partial charge in [-0.2, -0.15) is 0 Å². The van der Waals surface area contributed by atoms with Crippen molar-refractivity contribution in [2.45, 2.75) is 144 Å². The third-order valence-electron chi connectivity index (χ3n) is 11.2. The average molecular weight is 541 g/mol. The number of hydrogen-bond donors (Lipinski definition) is 0. The van der Waals surface area contributed by atoms with Crippen molar-refractivity contribution in [3.05, 3.63) is 58.7 Å². The van der Waals surface area contributed by atoms with E-state index in [0.29, 0.717) is 21.7 Å². The fraction of sp³-hybridized carbons (Fsp3) is 0.700. The first kappa shape index (κ1) is 29.9. The lowest BCUT2D eigenvalue weighted by Crippen LogP contribution is -2.43. The maximum atomic E-state index is 2.63. The second kappa shape index (κ2) is 10.6. The predicted octanol–water partition coefficient (Wildman–Crippen LogP) is 12.0. The number of benzene rings is 2. The van der Waals surface area contributed by atoms with Crippen LogP contribution in [0.3, 0.4) is 0 Å². The molecule has 5 rings (SSSR count). The Morgan fingerprint density at radius 2 is 0.975 bits per heavy atom. The minimum atomic E-state index is 0.324. The molecule has 0 spiro atoms. The van der Waals surface area contributed by atoms with Gasteiger partial charge in [-0.15, -0.1) is 0 Å². The number of fused-ring (bicyclic) bond motifs is 3.